The van der Waals surface area contributed by atoms with Crippen molar-refractivity contribution in [3.8, 4) is 0 Å². The van der Waals surface area contributed by atoms with Gasteiger partial charge in [-0.2, -0.15) is 0 Å². The van der Waals surface area contributed by atoms with E-state index < -0.39 is 5.60 Å². The third kappa shape index (κ3) is 4.61. The number of aliphatic hydroxyl groups is 1. The predicted octanol–water partition coefficient (Wildman–Crippen LogP) is 1.06. The molecule has 118 valence electrons. The Labute approximate surface area is 121 Å². The highest BCUT2D eigenvalue weighted by Gasteiger charge is 2.38. The first-order valence-electron chi connectivity index (χ1n) is 7.34. The highest BCUT2D eigenvalue weighted by molar-refractivity contribution is 5.85. The van der Waals surface area contributed by atoms with Gasteiger partial charge in [0.05, 0.1) is 6.10 Å². The van der Waals surface area contributed by atoms with Crippen molar-refractivity contribution in [2.75, 3.05) is 19.7 Å². The lowest BCUT2D eigenvalue weighted by Crippen LogP contribution is -2.46. The Morgan fingerprint density at radius 2 is 2.20 bits per heavy atom. The van der Waals surface area contributed by atoms with Gasteiger partial charge in [-0.15, -0.1) is 0 Å². The molecule has 1 heterocycles. The number of unbranched alkanes of at least 4 members (excludes halogenated alkanes) is 1. The van der Waals surface area contributed by atoms with Crippen LogP contribution in [0.5, 0.6) is 0 Å². The lowest BCUT2D eigenvalue weighted by molar-refractivity contribution is -0.0260. The zero-order valence-electron chi connectivity index (χ0n) is 12.9. The van der Waals surface area contributed by atoms with Crippen molar-refractivity contribution in [3.05, 3.63) is 0 Å². The van der Waals surface area contributed by atoms with Gasteiger partial charge in [-0.1, -0.05) is 25.4 Å². The minimum atomic E-state index is -0.729. The van der Waals surface area contributed by atoms with E-state index in [4.69, 9.17) is 15.7 Å². The molecule has 1 aliphatic rings. The van der Waals surface area contributed by atoms with Gasteiger partial charge in [0.2, 0.25) is 0 Å². The molecular formula is C14H29N3O3. The van der Waals surface area contributed by atoms with Crippen molar-refractivity contribution >= 4 is 5.84 Å². The average Bonchev–Trinajstić information content (AvgIpc) is 2.73. The Bertz CT molecular complexity index is 334. The Kier molecular flexibility index (Phi) is 6.23. The summed E-state index contributed by atoms with van der Waals surface area (Å²) in [5.74, 6) is 0.275. The van der Waals surface area contributed by atoms with E-state index in [0.29, 0.717) is 19.6 Å². The van der Waals surface area contributed by atoms with E-state index in [1.54, 1.807) is 0 Å². The Morgan fingerprint density at radius 1 is 1.50 bits per heavy atom. The summed E-state index contributed by atoms with van der Waals surface area (Å²) in [6.45, 7) is 7.89. The summed E-state index contributed by atoms with van der Waals surface area (Å²) in [7, 11) is 0. The number of nitrogens with zero attached hydrogens (tertiary/aromatic N) is 1. The van der Waals surface area contributed by atoms with Gasteiger partial charge in [0, 0.05) is 25.0 Å². The molecule has 1 rings (SSSR count). The zero-order chi connectivity index (χ0) is 15.2. The summed E-state index contributed by atoms with van der Waals surface area (Å²) < 4.78 is 5.39. The molecule has 5 N–H and O–H groups in total. The summed E-state index contributed by atoms with van der Waals surface area (Å²) in [6, 6.07) is 0. The number of hydrogen-bond donors (Lipinski definition) is 4. The van der Waals surface area contributed by atoms with Crippen LogP contribution in [0, 0.1) is 5.41 Å². The van der Waals surface area contributed by atoms with Crippen LogP contribution in [0.25, 0.3) is 0 Å². The smallest absolute Gasteiger partial charge is 0.144 e. The first-order chi connectivity index (χ1) is 9.32. The molecule has 0 aromatic heterocycles. The lowest BCUT2D eigenvalue weighted by atomic mass is 9.86. The number of hydrogen-bond acceptors (Lipinski definition) is 5. The van der Waals surface area contributed by atoms with Crippen molar-refractivity contribution in [2.24, 2.45) is 16.3 Å². The fourth-order valence-electron chi connectivity index (χ4n) is 2.39. The topological polar surface area (TPSA) is 100 Å². The quantitative estimate of drug-likeness (QED) is 0.176. The van der Waals surface area contributed by atoms with Crippen LogP contribution in [0.4, 0.5) is 0 Å². The van der Waals surface area contributed by atoms with E-state index in [0.717, 1.165) is 25.8 Å². The van der Waals surface area contributed by atoms with Crippen LogP contribution < -0.4 is 11.1 Å². The SMILES string of the molecule is CC1OCCC1(O)CNCCCCC(C)(C)C(N)=NO. The predicted molar refractivity (Wildman–Crippen MR) is 78.9 cm³/mol. The zero-order valence-corrected chi connectivity index (χ0v) is 12.9. The van der Waals surface area contributed by atoms with Crippen LogP contribution in [-0.2, 0) is 4.74 Å². The molecule has 0 amide bonds. The van der Waals surface area contributed by atoms with Crippen LogP contribution in [0.3, 0.4) is 0 Å². The molecular weight excluding hydrogens is 258 g/mol. The monoisotopic (exact) mass is 287 g/mol. The molecule has 20 heavy (non-hydrogen) atoms. The molecule has 2 atom stereocenters. The second-order valence-electron chi connectivity index (χ2n) is 6.37. The standard InChI is InChI=1S/C14H29N3O3/c1-11-14(18,7-9-20-11)10-16-8-5-4-6-13(2,3)12(15)17-19/h11,16,18-19H,4-10H2,1-3H3,(H2,15,17). The van der Waals surface area contributed by atoms with E-state index in [1.807, 2.05) is 20.8 Å². The fourth-order valence-corrected chi connectivity index (χ4v) is 2.39. The van der Waals surface area contributed by atoms with E-state index in [2.05, 4.69) is 10.5 Å². The number of nitrogens with one attached hydrogen (secondary N) is 1. The van der Waals surface area contributed by atoms with Gasteiger partial charge in [0.15, 0.2) is 0 Å². The molecule has 6 nitrogen and oxygen atoms in total. The third-order valence-electron chi connectivity index (χ3n) is 4.30. The van der Waals surface area contributed by atoms with Crippen molar-refractivity contribution in [2.45, 2.75) is 58.2 Å². The first kappa shape index (κ1) is 17.2. The molecule has 6 heteroatoms. The van der Waals surface area contributed by atoms with E-state index in [1.165, 1.54) is 0 Å². The maximum atomic E-state index is 10.3. The number of nitrogens with two attached hydrogens (primary N) is 1. The maximum absolute atomic E-state index is 10.3. The van der Waals surface area contributed by atoms with Gasteiger partial charge in [0.1, 0.15) is 11.4 Å². The average molecular weight is 287 g/mol. The third-order valence-corrected chi connectivity index (χ3v) is 4.30. The summed E-state index contributed by atoms with van der Waals surface area (Å²) >= 11 is 0. The Morgan fingerprint density at radius 3 is 2.75 bits per heavy atom. The minimum absolute atomic E-state index is 0.102. The first-order valence-corrected chi connectivity index (χ1v) is 7.34. The van der Waals surface area contributed by atoms with Crippen molar-refractivity contribution < 1.29 is 15.1 Å². The Balaban J connectivity index is 2.14. The van der Waals surface area contributed by atoms with Gasteiger partial charge in [-0.25, -0.2) is 0 Å². The molecule has 0 bridgehead atoms. The van der Waals surface area contributed by atoms with Gasteiger partial charge in [-0.3, -0.25) is 0 Å². The number of amidine groups is 1. The molecule has 0 aromatic rings. The molecule has 0 saturated carbocycles. The molecule has 0 aliphatic carbocycles. The highest BCUT2D eigenvalue weighted by atomic mass is 16.5. The van der Waals surface area contributed by atoms with Crippen LogP contribution >= 0.6 is 0 Å². The summed E-state index contributed by atoms with van der Waals surface area (Å²) in [5, 5.41) is 25.4. The fraction of sp³-hybridized carbons (Fsp3) is 0.929. The minimum Gasteiger partial charge on any atom is -0.409 e. The van der Waals surface area contributed by atoms with Gasteiger partial charge in [0.25, 0.3) is 0 Å². The summed E-state index contributed by atoms with van der Waals surface area (Å²) in [4.78, 5) is 0. The lowest BCUT2D eigenvalue weighted by Gasteiger charge is -2.26. The molecule has 0 spiro atoms. The van der Waals surface area contributed by atoms with E-state index in [-0.39, 0.29) is 17.4 Å². The molecule has 0 radical (unpaired) electrons. The molecule has 2 unspecified atom stereocenters. The molecule has 1 saturated heterocycles. The number of rotatable bonds is 8. The van der Waals surface area contributed by atoms with Crippen LogP contribution in [0.2, 0.25) is 0 Å². The number of ether oxygens (including phenoxy) is 1. The van der Waals surface area contributed by atoms with Gasteiger partial charge < -0.3 is 26.1 Å². The second kappa shape index (κ2) is 7.24. The largest absolute Gasteiger partial charge is 0.409 e. The van der Waals surface area contributed by atoms with Crippen LogP contribution in [0.1, 0.15) is 46.5 Å². The van der Waals surface area contributed by atoms with Crippen molar-refractivity contribution in [1.82, 2.24) is 5.32 Å². The van der Waals surface area contributed by atoms with Crippen molar-refractivity contribution in [1.29, 1.82) is 0 Å². The van der Waals surface area contributed by atoms with Crippen LogP contribution in [0.15, 0.2) is 5.16 Å². The number of oxime groups is 1. The van der Waals surface area contributed by atoms with E-state index in [9.17, 15) is 5.11 Å². The maximum Gasteiger partial charge on any atom is 0.144 e. The normalized spacial score (nSPS) is 28.0. The van der Waals surface area contributed by atoms with E-state index >= 15 is 0 Å². The molecule has 1 aliphatic heterocycles. The van der Waals surface area contributed by atoms with Crippen LogP contribution in [-0.4, -0.2) is 47.6 Å². The summed E-state index contributed by atoms with van der Waals surface area (Å²) in [6.07, 6.45) is 3.44. The highest BCUT2D eigenvalue weighted by Crippen LogP contribution is 2.25. The Hall–Kier alpha value is -0.850. The molecule has 0 aromatic carbocycles. The molecule has 1 fully saturated rings. The van der Waals surface area contributed by atoms with Gasteiger partial charge in [-0.05, 0) is 26.3 Å². The van der Waals surface area contributed by atoms with Crippen molar-refractivity contribution in [3.63, 3.8) is 0 Å². The second-order valence-corrected chi connectivity index (χ2v) is 6.37. The van der Waals surface area contributed by atoms with Gasteiger partial charge >= 0.3 is 0 Å². The summed E-state index contributed by atoms with van der Waals surface area (Å²) in [5.41, 5.74) is 4.64.